The molecule has 0 radical (unpaired) electrons. The van der Waals surface area contributed by atoms with Crippen LogP contribution in [0.1, 0.15) is 11.1 Å². The molecule has 0 saturated heterocycles. The molecule has 0 aromatic heterocycles. The van der Waals surface area contributed by atoms with Gasteiger partial charge < -0.3 is 5.32 Å². The fourth-order valence-corrected chi connectivity index (χ4v) is 2.11. The maximum absolute atomic E-state index is 13.5. The van der Waals surface area contributed by atoms with Gasteiger partial charge in [0.15, 0.2) is 0 Å². The van der Waals surface area contributed by atoms with Gasteiger partial charge in [-0.05, 0) is 17.7 Å². The topological polar surface area (TPSA) is 12.0 Å². The molecule has 2 aromatic rings. The van der Waals surface area contributed by atoms with Crippen LogP contribution in [0.3, 0.4) is 0 Å². The number of rotatable bonds is 4. The number of hydrogen-bond acceptors (Lipinski definition) is 1. The van der Waals surface area contributed by atoms with Gasteiger partial charge in [0.05, 0.1) is 0 Å². The van der Waals surface area contributed by atoms with Crippen LogP contribution in [0.5, 0.6) is 0 Å². The van der Waals surface area contributed by atoms with Crippen molar-refractivity contribution >= 4 is 15.9 Å². The Kier molecular flexibility index (Phi) is 4.29. The summed E-state index contributed by atoms with van der Waals surface area (Å²) in [5.74, 6) is -0.181. The molecule has 0 unspecified atom stereocenters. The monoisotopic (exact) mass is 293 g/mol. The molecule has 17 heavy (non-hydrogen) atoms. The first-order chi connectivity index (χ1) is 8.27. The first kappa shape index (κ1) is 12.3. The molecule has 0 aliphatic carbocycles. The molecule has 1 nitrogen and oxygen atoms in total. The predicted octanol–water partition coefficient (Wildman–Crippen LogP) is 3.88. The molecule has 0 atom stereocenters. The maximum Gasteiger partial charge on any atom is 0.128 e. The van der Waals surface area contributed by atoms with Gasteiger partial charge in [-0.2, -0.15) is 0 Å². The zero-order valence-electron chi connectivity index (χ0n) is 9.29. The van der Waals surface area contributed by atoms with Crippen molar-refractivity contribution in [1.29, 1.82) is 0 Å². The molecular formula is C14H13BrFN. The third kappa shape index (κ3) is 3.38. The molecular weight excluding hydrogens is 281 g/mol. The predicted molar refractivity (Wildman–Crippen MR) is 71.1 cm³/mol. The lowest BCUT2D eigenvalue weighted by molar-refractivity contribution is 0.586. The lowest BCUT2D eigenvalue weighted by Gasteiger charge is -2.08. The van der Waals surface area contributed by atoms with E-state index in [9.17, 15) is 4.39 Å². The van der Waals surface area contributed by atoms with E-state index in [1.807, 2.05) is 36.4 Å². The Morgan fingerprint density at radius 3 is 2.41 bits per heavy atom. The Morgan fingerprint density at radius 2 is 1.71 bits per heavy atom. The summed E-state index contributed by atoms with van der Waals surface area (Å²) in [5, 5.41) is 3.23. The molecule has 2 aromatic carbocycles. The average molecular weight is 294 g/mol. The van der Waals surface area contributed by atoms with Crippen molar-refractivity contribution in [1.82, 2.24) is 5.32 Å². The number of hydrogen-bond donors (Lipinski definition) is 1. The van der Waals surface area contributed by atoms with E-state index >= 15 is 0 Å². The van der Waals surface area contributed by atoms with Crippen molar-refractivity contribution < 1.29 is 4.39 Å². The third-order valence-corrected chi connectivity index (χ3v) is 3.28. The standard InChI is InChI=1S/C14H13BrFN/c15-13-7-4-8-14(16)12(13)10-17-9-11-5-2-1-3-6-11/h1-8,17H,9-10H2. The highest BCUT2D eigenvalue weighted by Crippen LogP contribution is 2.19. The van der Waals surface area contributed by atoms with Crippen LogP contribution in [0, 0.1) is 5.82 Å². The van der Waals surface area contributed by atoms with Crippen molar-refractivity contribution in [3.05, 3.63) is 69.9 Å². The average Bonchev–Trinajstić information content (AvgIpc) is 2.34. The fourth-order valence-electron chi connectivity index (χ4n) is 1.63. The molecule has 88 valence electrons. The fraction of sp³-hybridized carbons (Fsp3) is 0.143. The minimum atomic E-state index is -0.181. The molecule has 0 heterocycles. The number of benzene rings is 2. The number of nitrogens with one attached hydrogen (secondary N) is 1. The van der Waals surface area contributed by atoms with Crippen LogP contribution in [-0.2, 0) is 13.1 Å². The summed E-state index contributed by atoms with van der Waals surface area (Å²) < 4.78 is 14.3. The Bertz CT molecular complexity index is 465. The molecule has 1 N–H and O–H groups in total. The van der Waals surface area contributed by atoms with Crippen LogP contribution in [0.2, 0.25) is 0 Å². The molecule has 0 bridgehead atoms. The van der Waals surface area contributed by atoms with Crippen LogP contribution in [0.4, 0.5) is 4.39 Å². The summed E-state index contributed by atoms with van der Waals surface area (Å²) >= 11 is 3.35. The normalized spacial score (nSPS) is 10.5. The molecule has 0 spiro atoms. The van der Waals surface area contributed by atoms with Gasteiger partial charge in [-0.1, -0.05) is 52.3 Å². The highest BCUT2D eigenvalue weighted by Gasteiger charge is 2.05. The summed E-state index contributed by atoms with van der Waals surface area (Å²) in [6.45, 7) is 1.25. The van der Waals surface area contributed by atoms with Gasteiger partial charge in [0.1, 0.15) is 5.82 Å². The van der Waals surface area contributed by atoms with E-state index in [-0.39, 0.29) is 5.82 Å². The van der Waals surface area contributed by atoms with E-state index in [0.29, 0.717) is 12.1 Å². The summed E-state index contributed by atoms with van der Waals surface area (Å²) in [6, 6.07) is 15.1. The molecule has 0 amide bonds. The van der Waals surface area contributed by atoms with Gasteiger partial charge in [0, 0.05) is 23.1 Å². The van der Waals surface area contributed by atoms with E-state index < -0.39 is 0 Å². The summed E-state index contributed by atoms with van der Waals surface area (Å²) in [5.41, 5.74) is 1.86. The first-order valence-electron chi connectivity index (χ1n) is 5.45. The Hall–Kier alpha value is -1.19. The Balaban J connectivity index is 1.95. The highest BCUT2D eigenvalue weighted by molar-refractivity contribution is 9.10. The van der Waals surface area contributed by atoms with E-state index in [0.717, 1.165) is 11.0 Å². The summed E-state index contributed by atoms with van der Waals surface area (Å²) in [4.78, 5) is 0. The van der Waals surface area contributed by atoms with Crippen LogP contribution < -0.4 is 5.32 Å². The van der Waals surface area contributed by atoms with Crippen LogP contribution in [-0.4, -0.2) is 0 Å². The molecule has 0 aliphatic rings. The number of halogens is 2. The summed E-state index contributed by atoms with van der Waals surface area (Å²) in [6.07, 6.45) is 0. The molecule has 3 heteroatoms. The van der Waals surface area contributed by atoms with E-state index in [1.54, 1.807) is 6.07 Å². The second kappa shape index (κ2) is 5.94. The second-order valence-corrected chi connectivity index (χ2v) is 4.64. The smallest absolute Gasteiger partial charge is 0.128 e. The first-order valence-corrected chi connectivity index (χ1v) is 6.24. The Morgan fingerprint density at radius 1 is 0.941 bits per heavy atom. The van der Waals surface area contributed by atoms with Gasteiger partial charge in [-0.3, -0.25) is 0 Å². The quantitative estimate of drug-likeness (QED) is 0.902. The Labute approximate surface area is 109 Å². The highest BCUT2D eigenvalue weighted by atomic mass is 79.9. The minimum Gasteiger partial charge on any atom is -0.308 e. The van der Waals surface area contributed by atoms with E-state index in [4.69, 9.17) is 0 Å². The van der Waals surface area contributed by atoms with Crippen molar-refractivity contribution in [2.45, 2.75) is 13.1 Å². The van der Waals surface area contributed by atoms with Crippen molar-refractivity contribution in [3.8, 4) is 0 Å². The zero-order valence-corrected chi connectivity index (χ0v) is 10.9. The van der Waals surface area contributed by atoms with Crippen molar-refractivity contribution in [2.24, 2.45) is 0 Å². The van der Waals surface area contributed by atoms with Crippen molar-refractivity contribution in [2.75, 3.05) is 0 Å². The summed E-state index contributed by atoms with van der Waals surface area (Å²) in [7, 11) is 0. The van der Waals surface area contributed by atoms with E-state index in [1.165, 1.54) is 11.6 Å². The zero-order chi connectivity index (χ0) is 12.1. The lowest BCUT2D eigenvalue weighted by atomic mass is 10.2. The largest absolute Gasteiger partial charge is 0.308 e. The van der Waals surface area contributed by atoms with Crippen LogP contribution in [0.25, 0.3) is 0 Å². The van der Waals surface area contributed by atoms with Gasteiger partial charge in [0.25, 0.3) is 0 Å². The van der Waals surface area contributed by atoms with Gasteiger partial charge in [-0.15, -0.1) is 0 Å². The van der Waals surface area contributed by atoms with E-state index in [2.05, 4.69) is 21.2 Å². The minimum absolute atomic E-state index is 0.181. The molecule has 2 rings (SSSR count). The SMILES string of the molecule is Fc1cccc(Br)c1CNCc1ccccc1. The maximum atomic E-state index is 13.5. The lowest BCUT2D eigenvalue weighted by Crippen LogP contribution is -2.14. The van der Waals surface area contributed by atoms with Crippen LogP contribution >= 0.6 is 15.9 Å². The third-order valence-electron chi connectivity index (χ3n) is 2.54. The van der Waals surface area contributed by atoms with Gasteiger partial charge in [-0.25, -0.2) is 4.39 Å². The van der Waals surface area contributed by atoms with Gasteiger partial charge in [0.2, 0.25) is 0 Å². The van der Waals surface area contributed by atoms with Crippen LogP contribution in [0.15, 0.2) is 53.0 Å². The molecule has 0 saturated carbocycles. The molecule has 0 fully saturated rings. The second-order valence-electron chi connectivity index (χ2n) is 3.79. The van der Waals surface area contributed by atoms with Crippen molar-refractivity contribution in [3.63, 3.8) is 0 Å². The molecule has 0 aliphatic heterocycles. The van der Waals surface area contributed by atoms with Gasteiger partial charge >= 0.3 is 0 Å².